The highest BCUT2D eigenvalue weighted by Gasteiger charge is 2.36. The number of alkyl halides is 3. The predicted molar refractivity (Wildman–Crippen MR) is 88.4 cm³/mol. The number of aromatic nitrogens is 1. The lowest BCUT2D eigenvalue weighted by Gasteiger charge is -2.31. The fourth-order valence-electron chi connectivity index (χ4n) is 2.51. The molecule has 0 saturated carbocycles. The zero-order chi connectivity index (χ0) is 19.4. The minimum atomic E-state index is -4.70. The molecule has 1 amide bonds. The fraction of sp³-hybridized carbons (Fsp3) is 0.222. The monoisotopic (exact) mass is 367 g/mol. The third-order valence-electron chi connectivity index (χ3n) is 3.84. The van der Waals surface area contributed by atoms with Crippen molar-refractivity contribution in [1.29, 1.82) is 0 Å². The molecule has 0 spiro atoms. The highest BCUT2D eigenvalue weighted by atomic mass is 19.4. The summed E-state index contributed by atoms with van der Waals surface area (Å²) in [5.74, 6) is -1.55. The Morgan fingerprint density at radius 2 is 1.92 bits per heavy atom. The molecule has 0 aliphatic rings. The van der Waals surface area contributed by atoms with Gasteiger partial charge in [0.1, 0.15) is 5.82 Å². The van der Waals surface area contributed by atoms with E-state index >= 15 is 0 Å². The van der Waals surface area contributed by atoms with Crippen molar-refractivity contribution in [3.63, 3.8) is 0 Å². The molecule has 0 aliphatic carbocycles. The molecule has 1 heterocycles. The summed E-state index contributed by atoms with van der Waals surface area (Å²) in [6, 6.07) is 6.62. The Hall–Kier alpha value is -2.74. The molecular formula is C18H17F4N3O. The van der Waals surface area contributed by atoms with E-state index in [0.29, 0.717) is 6.07 Å². The number of hydrazine groups is 1. The Morgan fingerprint density at radius 3 is 2.54 bits per heavy atom. The molecule has 0 saturated heterocycles. The Labute approximate surface area is 147 Å². The van der Waals surface area contributed by atoms with Gasteiger partial charge < -0.3 is 0 Å². The van der Waals surface area contributed by atoms with E-state index in [4.69, 9.17) is 0 Å². The molecule has 1 aromatic heterocycles. The lowest BCUT2D eigenvalue weighted by atomic mass is 9.89. The van der Waals surface area contributed by atoms with Crippen molar-refractivity contribution in [1.82, 2.24) is 15.8 Å². The van der Waals surface area contributed by atoms with Crippen LogP contribution < -0.4 is 10.9 Å². The SMILES string of the molecule is C=CCC(C)(NNC(=O)c1cnccc1C(F)(F)F)c1ccccc1F. The number of pyridine rings is 1. The second-order valence-electron chi connectivity index (χ2n) is 5.80. The van der Waals surface area contributed by atoms with Gasteiger partial charge in [-0.15, -0.1) is 6.58 Å². The van der Waals surface area contributed by atoms with Gasteiger partial charge in [-0.3, -0.25) is 15.2 Å². The third-order valence-corrected chi connectivity index (χ3v) is 3.84. The Morgan fingerprint density at radius 1 is 1.23 bits per heavy atom. The number of nitrogens with zero attached hydrogens (tertiary/aromatic N) is 1. The van der Waals surface area contributed by atoms with E-state index in [-0.39, 0.29) is 12.0 Å². The van der Waals surface area contributed by atoms with Crippen LogP contribution in [0.3, 0.4) is 0 Å². The maximum Gasteiger partial charge on any atom is 0.417 e. The number of benzene rings is 1. The first-order valence-electron chi connectivity index (χ1n) is 7.63. The summed E-state index contributed by atoms with van der Waals surface area (Å²) in [4.78, 5) is 15.8. The first kappa shape index (κ1) is 19.6. The van der Waals surface area contributed by atoms with Crippen LogP contribution in [-0.4, -0.2) is 10.9 Å². The molecule has 0 bridgehead atoms. The summed E-state index contributed by atoms with van der Waals surface area (Å²) in [7, 11) is 0. The molecular weight excluding hydrogens is 350 g/mol. The topological polar surface area (TPSA) is 54.0 Å². The maximum atomic E-state index is 14.1. The molecule has 4 nitrogen and oxygen atoms in total. The summed E-state index contributed by atoms with van der Waals surface area (Å²) in [6.07, 6.45) is -1.20. The third kappa shape index (κ3) is 4.26. The van der Waals surface area contributed by atoms with Crippen molar-refractivity contribution in [2.24, 2.45) is 0 Å². The van der Waals surface area contributed by atoms with E-state index in [9.17, 15) is 22.4 Å². The van der Waals surface area contributed by atoms with Crippen molar-refractivity contribution < 1.29 is 22.4 Å². The second-order valence-corrected chi connectivity index (χ2v) is 5.80. The van der Waals surface area contributed by atoms with Crippen molar-refractivity contribution in [3.8, 4) is 0 Å². The number of hydrogen-bond donors (Lipinski definition) is 2. The van der Waals surface area contributed by atoms with Crippen LogP contribution in [-0.2, 0) is 11.7 Å². The molecule has 8 heteroatoms. The van der Waals surface area contributed by atoms with Gasteiger partial charge in [0.15, 0.2) is 0 Å². The van der Waals surface area contributed by atoms with Crippen LogP contribution in [0.15, 0.2) is 55.4 Å². The van der Waals surface area contributed by atoms with Crippen molar-refractivity contribution in [2.45, 2.75) is 25.1 Å². The molecule has 2 N–H and O–H groups in total. The summed E-state index contributed by atoms with van der Waals surface area (Å²) in [5.41, 5.74) is 2.23. The number of carbonyl (C=O) groups excluding carboxylic acids is 1. The molecule has 1 atom stereocenters. The smallest absolute Gasteiger partial charge is 0.287 e. The van der Waals surface area contributed by atoms with Crippen LogP contribution in [0.1, 0.15) is 34.8 Å². The van der Waals surface area contributed by atoms with Gasteiger partial charge in [0.05, 0.1) is 16.7 Å². The molecule has 26 heavy (non-hydrogen) atoms. The molecule has 0 fully saturated rings. The van der Waals surface area contributed by atoms with Crippen LogP contribution >= 0.6 is 0 Å². The fourth-order valence-corrected chi connectivity index (χ4v) is 2.51. The first-order valence-corrected chi connectivity index (χ1v) is 7.63. The van der Waals surface area contributed by atoms with Gasteiger partial charge in [-0.05, 0) is 25.5 Å². The molecule has 1 aromatic carbocycles. The first-order chi connectivity index (χ1) is 12.2. The van der Waals surface area contributed by atoms with Crippen molar-refractivity contribution in [3.05, 3.63) is 77.9 Å². The summed E-state index contributed by atoms with van der Waals surface area (Å²) in [5, 5.41) is 0. The number of amides is 1. The number of carbonyl (C=O) groups is 1. The van der Waals surface area contributed by atoms with Gasteiger partial charge in [0.2, 0.25) is 0 Å². The zero-order valence-electron chi connectivity index (χ0n) is 13.9. The lowest BCUT2D eigenvalue weighted by Crippen LogP contribution is -2.51. The van der Waals surface area contributed by atoms with E-state index in [1.807, 2.05) is 0 Å². The minimum Gasteiger partial charge on any atom is -0.287 e. The van der Waals surface area contributed by atoms with Crippen LogP contribution in [0, 0.1) is 5.82 Å². The van der Waals surface area contributed by atoms with Gasteiger partial charge in [0, 0.05) is 18.0 Å². The lowest BCUT2D eigenvalue weighted by molar-refractivity contribution is -0.138. The predicted octanol–water partition coefficient (Wildman–Crippen LogP) is 3.97. The van der Waals surface area contributed by atoms with E-state index in [2.05, 4.69) is 22.4 Å². The highest BCUT2D eigenvalue weighted by Crippen LogP contribution is 2.31. The minimum absolute atomic E-state index is 0.216. The molecule has 2 rings (SSSR count). The van der Waals surface area contributed by atoms with Gasteiger partial charge in [-0.2, -0.15) is 13.2 Å². The number of nitrogens with one attached hydrogen (secondary N) is 2. The Kier molecular flexibility index (Phi) is 5.76. The van der Waals surface area contributed by atoms with Crippen molar-refractivity contribution in [2.75, 3.05) is 0 Å². The number of halogens is 4. The van der Waals surface area contributed by atoms with Gasteiger partial charge in [-0.1, -0.05) is 24.3 Å². The Bertz CT molecular complexity index is 807. The average molecular weight is 367 g/mol. The van der Waals surface area contributed by atoms with Crippen LogP contribution in [0.25, 0.3) is 0 Å². The van der Waals surface area contributed by atoms with E-state index in [0.717, 1.165) is 12.4 Å². The maximum absolute atomic E-state index is 14.1. The molecule has 138 valence electrons. The van der Waals surface area contributed by atoms with E-state index < -0.39 is 34.6 Å². The van der Waals surface area contributed by atoms with Gasteiger partial charge in [0.25, 0.3) is 5.91 Å². The van der Waals surface area contributed by atoms with Crippen LogP contribution in [0.4, 0.5) is 17.6 Å². The van der Waals surface area contributed by atoms with Crippen molar-refractivity contribution >= 4 is 5.91 Å². The summed E-state index contributed by atoms with van der Waals surface area (Å²) in [6.45, 7) is 5.20. The largest absolute Gasteiger partial charge is 0.417 e. The van der Waals surface area contributed by atoms with Crippen LogP contribution in [0.5, 0.6) is 0 Å². The average Bonchev–Trinajstić information content (AvgIpc) is 2.59. The van der Waals surface area contributed by atoms with Gasteiger partial charge in [-0.25, -0.2) is 9.82 Å². The number of hydrogen-bond acceptors (Lipinski definition) is 3. The molecule has 2 aromatic rings. The standard InChI is InChI=1S/C18H17F4N3O/c1-3-9-17(2,14-6-4-5-7-15(14)19)25-24-16(26)12-11-23-10-8-13(12)18(20,21)22/h3-8,10-11,25H,1,9H2,2H3,(H,24,26). The summed E-state index contributed by atoms with van der Waals surface area (Å²) < 4.78 is 53.2. The molecule has 0 radical (unpaired) electrons. The van der Waals surface area contributed by atoms with Crippen LogP contribution in [0.2, 0.25) is 0 Å². The quantitative estimate of drug-likeness (QED) is 0.462. The van der Waals surface area contributed by atoms with E-state index in [1.165, 1.54) is 24.3 Å². The second kappa shape index (κ2) is 7.65. The summed E-state index contributed by atoms with van der Waals surface area (Å²) >= 11 is 0. The number of rotatable bonds is 6. The normalized spacial score (nSPS) is 13.7. The zero-order valence-corrected chi connectivity index (χ0v) is 13.9. The van der Waals surface area contributed by atoms with E-state index in [1.54, 1.807) is 13.0 Å². The molecule has 1 unspecified atom stereocenters. The Balaban J connectivity index is 2.27. The highest BCUT2D eigenvalue weighted by molar-refractivity contribution is 5.95. The van der Waals surface area contributed by atoms with Gasteiger partial charge >= 0.3 is 6.18 Å². The molecule has 0 aliphatic heterocycles.